The van der Waals surface area contributed by atoms with E-state index in [1.165, 1.54) is 13.2 Å². The molecule has 13 heavy (non-hydrogen) atoms. The molecule has 0 aliphatic heterocycles. The number of nitrogens with zero attached hydrogens (tertiary/aromatic N) is 1. The zero-order chi connectivity index (χ0) is 10.9. The van der Waals surface area contributed by atoms with E-state index < -0.39 is 4.92 Å². The number of nitro groups is 1. The summed E-state index contributed by atoms with van der Waals surface area (Å²) in [6.45, 7) is 10.6. The lowest BCUT2D eigenvalue weighted by molar-refractivity contribution is -0.421. The maximum Gasteiger partial charge on any atom is 0.310 e. The smallest absolute Gasteiger partial charge is 0.310 e. The van der Waals surface area contributed by atoms with Crippen LogP contribution >= 0.6 is 0 Å². The molecule has 0 saturated heterocycles. The third-order valence-electron chi connectivity index (χ3n) is 1.05. The van der Waals surface area contributed by atoms with Crippen molar-refractivity contribution in [2.24, 2.45) is 0 Å². The van der Waals surface area contributed by atoms with E-state index in [1.54, 1.807) is 0 Å². The van der Waals surface area contributed by atoms with Gasteiger partial charge in [0.25, 0.3) is 0 Å². The molecule has 0 aromatic rings. The zero-order valence-corrected chi connectivity index (χ0v) is 8.24. The van der Waals surface area contributed by atoms with E-state index in [1.807, 2.05) is 13.8 Å². The molecule has 0 heterocycles. The van der Waals surface area contributed by atoms with Gasteiger partial charge in [-0.2, -0.15) is 0 Å². The van der Waals surface area contributed by atoms with Gasteiger partial charge in [0.1, 0.15) is 0 Å². The molecular formula is C9H15NO3. The van der Waals surface area contributed by atoms with Crippen molar-refractivity contribution in [2.75, 3.05) is 7.11 Å². The van der Waals surface area contributed by atoms with Gasteiger partial charge in [0.05, 0.1) is 12.0 Å². The number of hydrogen-bond donors (Lipinski definition) is 0. The third-order valence-corrected chi connectivity index (χ3v) is 1.05. The topological polar surface area (TPSA) is 52.4 Å². The van der Waals surface area contributed by atoms with Crippen molar-refractivity contribution in [3.63, 3.8) is 0 Å². The average molecular weight is 185 g/mol. The van der Waals surface area contributed by atoms with Gasteiger partial charge in [-0.3, -0.25) is 10.1 Å². The van der Waals surface area contributed by atoms with Gasteiger partial charge in [-0.1, -0.05) is 27.0 Å². The van der Waals surface area contributed by atoms with Crippen molar-refractivity contribution < 1.29 is 9.66 Å². The first-order valence-corrected chi connectivity index (χ1v) is 3.84. The Morgan fingerprint density at radius 2 is 1.85 bits per heavy atom. The molecule has 0 saturated carbocycles. The van der Waals surface area contributed by atoms with E-state index >= 15 is 0 Å². The number of hydrogen-bond acceptors (Lipinski definition) is 3. The van der Waals surface area contributed by atoms with E-state index in [0.717, 1.165) is 6.08 Å². The molecule has 0 fully saturated rings. The Morgan fingerprint density at radius 1 is 1.38 bits per heavy atom. The minimum atomic E-state index is -0.576. The first-order valence-electron chi connectivity index (χ1n) is 3.84. The van der Waals surface area contributed by atoms with Crippen LogP contribution < -0.4 is 0 Å². The highest BCUT2D eigenvalue weighted by atomic mass is 16.6. The molecule has 0 aromatic heterocycles. The van der Waals surface area contributed by atoms with Crippen molar-refractivity contribution in [1.82, 2.24) is 0 Å². The monoisotopic (exact) mass is 185 g/mol. The van der Waals surface area contributed by atoms with Gasteiger partial charge < -0.3 is 4.74 Å². The number of ether oxygens (including phenoxy) is 1. The normalized spacial score (nSPS) is 10.1. The summed E-state index contributed by atoms with van der Waals surface area (Å²) in [6, 6.07) is 0. The van der Waals surface area contributed by atoms with Crippen molar-refractivity contribution in [3.05, 3.63) is 46.9 Å². The molecule has 74 valence electrons. The van der Waals surface area contributed by atoms with Crippen LogP contribution in [0.2, 0.25) is 0 Å². The third kappa shape index (κ3) is 4.79. The lowest BCUT2D eigenvalue weighted by atomic mass is 10.3. The molecule has 0 radical (unpaired) electrons. The summed E-state index contributed by atoms with van der Waals surface area (Å²) in [6.07, 6.45) is 2.38. The van der Waals surface area contributed by atoms with E-state index in [-0.39, 0.29) is 11.5 Å². The van der Waals surface area contributed by atoms with E-state index in [4.69, 9.17) is 0 Å². The Kier molecular flexibility index (Phi) is 9.15. The van der Waals surface area contributed by atoms with E-state index in [9.17, 15) is 10.1 Å². The van der Waals surface area contributed by atoms with Crippen LogP contribution in [0.15, 0.2) is 36.8 Å². The Labute approximate surface area is 78.4 Å². The van der Waals surface area contributed by atoms with Crippen LogP contribution in [0.4, 0.5) is 0 Å². The van der Waals surface area contributed by atoms with Gasteiger partial charge in [-0.05, 0) is 6.08 Å². The fraction of sp³-hybridized carbons (Fsp3) is 0.333. The molecule has 0 aliphatic rings. The molecule has 0 N–H and O–H groups in total. The SMILES string of the molecule is C=C/C(OC)=C(\C=C)[N+](=O)[O-].CC. The Balaban J connectivity index is 0. The maximum absolute atomic E-state index is 10.2. The summed E-state index contributed by atoms with van der Waals surface area (Å²) in [7, 11) is 1.34. The highest BCUT2D eigenvalue weighted by molar-refractivity contribution is 5.20. The van der Waals surface area contributed by atoms with Gasteiger partial charge in [-0.25, -0.2) is 0 Å². The highest BCUT2D eigenvalue weighted by Crippen LogP contribution is 2.07. The lowest BCUT2D eigenvalue weighted by Crippen LogP contribution is -2.00. The van der Waals surface area contributed by atoms with Crippen LogP contribution in [0.3, 0.4) is 0 Å². The second-order valence-corrected chi connectivity index (χ2v) is 1.62. The van der Waals surface area contributed by atoms with Crippen molar-refractivity contribution >= 4 is 0 Å². The van der Waals surface area contributed by atoms with Gasteiger partial charge >= 0.3 is 5.70 Å². The standard InChI is InChI=1S/C7H9NO3.C2H6/c1-4-6(8(9)10)7(5-2)11-3;1-2/h4-5H,1-2H2,3H3;1-2H3/b7-6-;. The van der Waals surface area contributed by atoms with E-state index in [0.29, 0.717) is 0 Å². The van der Waals surface area contributed by atoms with Gasteiger partial charge in [0.2, 0.25) is 0 Å². The molecule has 0 aromatic carbocycles. The molecule has 0 amide bonds. The summed E-state index contributed by atoms with van der Waals surface area (Å²) >= 11 is 0. The molecular weight excluding hydrogens is 170 g/mol. The van der Waals surface area contributed by atoms with E-state index in [2.05, 4.69) is 17.9 Å². The molecule has 0 bridgehead atoms. The molecule has 4 nitrogen and oxygen atoms in total. The van der Waals surface area contributed by atoms with Crippen molar-refractivity contribution in [3.8, 4) is 0 Å². The largest absolute Gasteiger partial charge is 0.490 e. The fourth-order valence-electron chi connectivity index (χ4n) is 0.558. The fourth-order valence-corrected chi connectivity index (χ4v) is 0.558. The average Bonchev–Trinajstić information content (AvgIpc) is 2.16. The van der Waals surface area contributed by atoms with Crippen molar-refractivity contribution in [1.29, 1.82) is 0 Å². The number of allylic oxidation sites excluding steroid dienone is 2. The lowest BCUT2D eigenvalue weighted by Gasteiger charge is -1.98. The van der Waals surface area contributed by atoms with Crippen LogP contribution in [0.1, 0.15) is 13.8 Å². The first-order chi connectivity index (χ1) is 6.17. The minimum absolute atomic E-state index is 0.116. The Morgan fingerprint density at radius 3 is 1.92 bits per heavy atom. The quantitative estimate of drug-likeness (QED) is 0.292. The predicted molar refractivity (Wildman–Crippen MR) is 52.8 cm³/mol. The first kappa shape index (κ1) is 14.0. The second kappa shape index (κ2) is 8.52. The highest BCUT2D eigenvalue weighted by Gasteiger charge is 2.11. The zero-order valence-electron chi connectivity index (χ0n) is 8.24. The van der Waals surface area contributed by atoms with Gasteiger partial charge in [0, 0.05) is 6.08 Å². The molecule has 0 rings (SSSR count). The van der Waals surface area contributed by atoms with Crippen LogP contribution in [-0.4, -0.2) is 12.0 Å². The maximum atomic E-state index is 10.2. The summed E-state index contributed by atoms with van der Waals surface area (Å²) < 4.78 is 4.66. The predicted octanol–water partition coefficient (Wildman–Crippen LogP) is 2.52. The van der Waals surface area contributed by atoms with Crippen LogP contribution in [-0.2, 0) is 4.74 Å². The van der Waals surface area contributed by atoms with Crippen LogP contribution in [0, 0.1) is 10.1 Å². The summed E-state index contributed by atoms with van der Waals surface area (Å²) in [4.78, 5) is 9.66. The van der Waals surface area contributed by atoms with Crippen LogP contribution in [0.25, 0.3) is 0 Å². The minimum Gasteiger partial charge on any atom is -0.490 e. The Bertz CT molecular complexity index is 219. The molecule has 4 heteroatoms. The summed E-state index contributed by atoms with van der Waals surface area (Å²) in [5, 5.41) is 10.2. The summed E-state index contributed by atoms with van der Waals surface area (Å²) in [5.74, 6) is 0.116. The molecule has 0 atom stereocenters. The Hall–Kier alpha value is -1.58. The molecule has 0 unspecified atom stereocenters. The summed E-state index contributed by atoms with van der Waals surface area (Å²) in [5.41, 5.74) is -0.178. The number of methoxy groups -OCH3 is 1. The number of rotatable bonds is 4. The van der Waals surface area contributed by atoms with Crippen LogP contribution in [0.5, 0.6) is 0 Å². The second-order valence-electron chi connectivity index (χ2n) is 1.62. The molecule has 0 spiro atoms. The van der Waals surface area contributed by atoms with Gasteiger partial charge in [-0.15, -0.1) is 0 Å². The van der Waals surface area contributed by atoms with Crippen molar-refractivity contribution in [2.45, 2.75) is 13.8 Å². The van der Waals surface area contributed by atoms with Gasteiger partial charge in [0.15, 0.2) is 5.76 Å². The molecule has 0 aliphatic carbocycles.